The lowest BCUT2D eigenvalue weighted by atomic mass is 10.1. The lowest BCUT2D eigenvalue weighted by Crippen LogP contribution is -2.01. The van der Waals surface area contributed by atoms with Gasteiger partial charge in [0.1, 0.15) is 5.78 Å². The number of carbonyl (C=O) groups excluding carboxylic acids is 1. The predicted molar refractivity (Wildman–Crippen MR) is 59.0 cm³/mol. The number of anilines is 1. The Morgan fingerprint density at radius 1 is 1.36 bits per heavy atom. The van der Waals surface area contributed by atoms with Gasteiger partial charge in [0.25, 0.3) is 0 Å². The highest BCUT2D eigenvalue weighted by molar-refractivity contribution is 5.81. The molecule has 1 aromatic rings. The molecule has 0 saturated carbocycles. The molecule has 2 heteroatoms. The Hall–Kier alpha value is -1.57. The maximum absolute atomic E-state index is 11.4. The average molecular weight is 189 g/mol. The molecule has 0 spiro atoms. The topological polar surface area (TPSA) is 43.1 Å². The van der Waals surface area contributed by atoms with Gasteiger partial charge in [-0.2, -0.15) is 0 Å². The van der Waals surface area contributed by atoms with E-state index in [1.165, 1.54) is 0 Å². The van der Waals surface area contributed by atoms with Gasteiger partial charge in [0, 0.05) is 18.5 Å². The minimum Gasteiger partial charge on any atom is -0.399 e. The van der Waals surface area contributed by atoms with Crippen molar-refractivity contribution < 1.29 is 4.79 Å². The Balaban J connectivity index is 2.47. The lowest BCUT2D eigenvalue weighted by molar-refractivity contribution is -0.118. The summed E-state index contributed by atoms with van der Waals surface area (Å²) in [7, 11) is 0. The number of benzene rings is 1. The molecule has 1 aromatic carbocycles. The van der Waals surface area contributed by atoms with Crippen LogP contribution in [0.25, 0.3) is 0 Å². The number of Topliss-reactive ketones (excluding diaryl/α,β-unsaturated/α-hetero) is 1. The van der Waals surface area contributed by atoms with Crippen LogP contribution >= 0.6 is 0 Å². The van der Waals surface area contributed by atoms with Gasteiger partial charge in [-0.25, -0.2) is 0 Å². The van der Waals surface area contributed by atoms with Crippen molar-refractivity contribution >= 4 is 11.5 Å². The molecule has 0 radical (unpaired) electrons. The molecule has 0 heterocycles. The third-order valence-corrected chi connectivity index (χ3v) is 2.01. The van der Waals surface area contributed by atoms with Crippen molar-refractivity contribution in [2.75, 3.05) is 5.73 Å². The summed E-state index contributed by atoms with van der Waals surface area (Å²) in [5.41, 5.74) is 7.29. The predicted octanol–water partition coefficient (Wildman–Crippen LogP) is 2.35. The number of nitrogen functional groups attached to an aromatic ring is 1. The maximum Gasteiger partial charge on any atom is 0.137 e. The average Bonchev–Trinajstić information content (AvgIpc) is 2.18. The number of hydrogen-bond acceptors (Lipinski definition) is 2. The first kappa shape index (κ1) is 10.5. The zero-order chi connectivity index (χ0) is 10.4. The van der Waals surface area contributed by atoms with Crippen LogP contribution in [-0.2, 0) is 11.2 Å². The van der Waals surface area contributed by atoms with E-state index in [-0.39, 0.29) is 5.78 Å². The van der Waals surface area contributed by atoms with Crippen LogP contribution in [0, 0.1) is 0 Å². The Morgan fingerprint density at radius 2 is 2.00 bits per heavy atom. The monoisotopic (exact) mass is 189 g/mol. The van der Waals surface area contributed by atoms with Crippen molar-refractivity contribution in [1.29, 1.82) is 0 Å². The van der Waals surface area contributed by atoms with Gasteiger partial charge in [0.15, 0.2) is 0 Å². The first-order valence-electron chi connectivity index (χ1n) is 4.69. The molecule has 0 aliphatic carbocycles. The standard InChI is InChI=1S/C12H15NO/c1-2-3-4-12(14)9-10-5-7-11(13)8-6-10/h2,5-8H,1,3-4,9,13H2. The van der Waals surface area contributed by atoms with E-state index >= 15 is 0 Å². The van der Waals surface area contributed by atoms with Gasteiger partial charge >= 0.3 is 0 Å². The van der Waals surface area contributed by atoms with Crippen LogP contribution < -0.4 is 5.73 Å². The fraction of sp³-hybridized carbons (Fsp3) is 0.250. The molecule has 2 N–H and O–H groups in total. The summed E-state index contributed by atoms with van der Waals surface area (Å²) in [6, 6.07) is 7.41. The normalized spacial score (nSPS) is 9.71. The van der Waals surface area contributed by atoms with Gasteiger partial charge in [-0.15, -0.1) is 6.58 Å². The van der Waals surface area contributed by atoms with Crippen LogP contribution in [0.5, 0.6) is 0 Å². The quantitative estimate of drug-likeness (QED) is 0.570. The molecule has 0 amide bonds. The van der Waals surface area contributed by atoms with Crippen LogP contribution in [0.15, 0.2) is 36.9 Å². The van der Waals surface area contributed by atoms with E-state index in [0.29, 0.717) is 12.8 Å². The zero-order valence-corrected chi connectivity index (χ0v) is 8.20. The Labute approximate surface area is 84.4 Å². The highest BCUT2D eigenvalue weighted by Gasteiger charge is 2.01. The van der Waals surface area contributed by atoms with E-state index in [2.05, 4.69) is 6.58 Å². The SMILES string of the molecule is C=CCCC(=O)Cc1ccc(N)cc1. The maximum atomic E-state index is 11.4. The highest BCUT2D eigenvalue weighted by atomic mass is 16.1. The first-order valence-corrected chi connectivity index (χ1v) is 4.69. The third-order valence-electron chi connectivity index (χ3n) is 2.01. The minimum absolute atomic E-state index is 0.245. The summed E-state index contributed by atoms with van der Waals surface area (Å²) in [6.45, 7) is 3.58. The molecule has 0 aromatic heterocycles. The smallest absolute Gasteiger partial charge is 0.137 e. The second-order valence-electron chi connectivity index (χ2n) is 3.28. The van der Waals surface area contributed by atoms with Gasteiger partial charge in [-0.3, -0.25) is 4.79 Å². The van der Waals surface area contributed by atoms with Crippen LogP contribution in [0.3, 0.4) is 0 Å². The highest BCUT2D eigenvalue weighted by Crippen LogP contribution is 2.07. The van der Waals surface area contributed by atoms with Crippen molar-refractivity contribution in [3.63, 3.8) is 0 Å². The molecule has 2 nitrogen and oxygen atoms in total. The summed E-state index contributed by atoms with van der Waals surface area (Å²) in [5.74, 6) is 0.245. The Kier molecular flexibility index (Phi) is 3.92. The Bertz CT molecular complexity index is 314. The summed E-state index contributed by atoms with van der Waals surface area (Å²) >= 11 is 0. The van der Waals surface area contributed by atoms with Crippen molar-refractivity contribution in [3.8, 4) is 0 Å². The summed E-state index contributed by atoms with van der Waals surface area (Å²) in [6.07, 6.45) is 3.59. The minimum atomic E-state index is 0.245. The lowest BCUT2D eigenvalue weighted by Gasteiger charge is -2.00. The molecule has 0 aliphatic rings. The second-order valence-corrected chi connectivity index (χ2v) is 3.28. The molecule has 0 atom stereocenters. The van der Waals surface area contributed by atoms with Crippen LogP contribution in [-0.4, -0.2) is 5.78 Å². The van der Waals surface area contributed by atoms with Gasteiger partial charge in [-0.1, -0.05) is 18.2 Å². The van der Waals surface area contributed by atoms with Crippen molar-refractivity contribution in [2.45, 2.75) is 19.3 Å². The van der Waals surface area contributed by atoms with E-state index in [4.69, 9.17) is 5.73 Å². The number of rotatable bonds is 5. The zero-order valence-electron chi connectivity index (χ0n) is 8.20. The fourth-order valence-corrected chi connectivity index (χ4v) is 1.21. The number of nitrogens with two attached hydrogens (primary N) is 1. The molecular formula is C12H15NO. The largest absolute Gasteiger partial charge is 0.399 e. The van der Waals surface area contributed by atoms with E-state index in [0.717, 1.165) is 17.7 Å². The molecule has 0 bridgehead atoms. The van der Waals surface area contributed by atoms with E-state index in [1.807, 2.05) is 24.3 Å². The molecule has 14 heavy (non-hydrogen) atoms. The molecule has 0 unspecified atom stereocenters. The van der Waals surface area contributed by atoms with Crippen molar-refractivity contribution in [3.05, 3.63) is 42.5 Å². The summed E-state index contributed by atoms with van der Waals surface area (Å²) in [5, 5.41) is 0. The second kappa shape index (κ2) is 5.22. The number of carbonyl (C=O) groups is 1. The molecule has 0 fully saturated rings. The number of hydrogen-bond donors (Lipinski definition) is 1. The fourth-order valence-electron chi connectivity index (χ4n) is 1.21. The summed E-state index contributed by atoms with van der Waals surface area (Å²) < 4.78 is 0. The van der Waals surface area contributed by atoms with E-state index < -0.39 is 0 Å². The number of allylic oxidation sites excluding steroid dienone is 1. The van der Waals surface area contributed by atoms with Crippen LogP contribution in [0.1, 0.15) is 18.4 Å². The molecule has 0 aliphatic heterocycles. The Morgan fingerprint density at radius 3 is 2.57 bits per heavy atom. The van der Waals surface area contributed by atoms with Gasteiger partial charge in [-0.05, 0) is 24.1 Å². The molecule has 1 rings (SSSR count). The van der Waals surface area contributed by atoms with Crippen molar-refractivity contribution in [2.24, 2.45) is 0 Å². The van der Waals surface area contributed by atoms with E-state index in [9.17, 15) is 4.79 Å². The molecule has 74 valence electrons. The van der Waals surface area contributed by atoms with Crippen LogP contribution in [0.2, 0.25) is 0 Å². The van der Waals surface area contributed by atoms with Crippen LogP contribution in [0.4, 0.5) is 5.69 Å². The number of ketones is 1. The van der Waals surface area contributed by atoms with Crippen molar-refractivity contribution in [1.82, 2.24) is 0 Å². The first-order chi connectivity index (χ1) is 6.72. The third kappa shape index (κ3) is 3.44. The van der Waals surface area contributed by atoms with Gasteiger partial charge in [0.05, 0.1) is 0 Å². The molecule has 0 saturated heterocycles. The van der Waals surface area contributed by atoms with Gasteiger partial charge < -0.3 is 5.73 Å². The summed E-state index contributed by atoms with van der Waals surface area (Å²) in [4.78, 5) is 11.4. The molecular weight excluding hydrogens is 174 g/mol. The van der Waals surface area contributed by atoms with Gasteiger partial charge in [0.2, 0.25) is 0 Å². The van der Waals surface area contributed by atoms with E-state index in [1.54, 1.807) is 6.08 Å².